The van der Waals surface area contributed by atoms with Gasteiger partial charge in [-0.3, -0.25) is 4.79 Å². The van der Waals surface area contributed by atoms with Crippen molar-refractivity contribution in [2.75, 3.05) is 12.3 Å². The van der Waals surface area contributed by atoms with E-state index in [4.69, 9.17) is 0 Å². The Morgan fingerprint density at radius 2 is 1.59 bits per heavy atom. The van der Waals surface area contributed by atoms with Crippen LogP contribution in [0.4, 0.5) is 0 Å². The molecule has 1 N–H and O–H groups in total. The van der Waals surface area contributed by atoms with Crippen LogP contribution < -0.4 is 5.32 Å². The van der Waals surface area contributed by atoms with Gasteiger partial charge < -0.3 is 5.32 Å². The normalized spacial score (nSPS) is 36.8. The van der Waals surface area contributed by atoms with Gasteiger partial charge in [0.25, 0.3) is 0 Å². The van der Waals surface area contributed by atoms with Crippen LogP contribution in [0.25, 0.3) is 0 Å². The first kappa shape index (κ1) is 16.3. The minimum atomic E-state index is -3.34. The number of rotatable bonds is 6. The fourth-order valence-corrected chi connectivity index (χ4v) is 7.51. The maximum atomic E-state index is 12.9. The lowest BCUT2D eigenvalue weighted by atomic mass is 9.56. The molecule has 0 aromatic rings. The summed E-state index contributed by atoms with van der Waals surface area (Å²) in [6, 6.07) is 0. The van der Waals surface area contributed by atoms with Crippen LogP contribution in [0.3, 0.4) is 0 Å². The predicted molar refractivity (Wildman–Crippen MR) is 87.2 cm³/mol. The molecule has 0 aromatic heterocycles. The summed E-state index contributed by atoms with van der Waals surface area (Å²) in [4.78, 5) is 12.0. The van der Waals surface area contributed by atoms with E-state index >= 15 is 0 Å². The van der Waals surface area contributed by atoms with Gasteiger partial charge in [-0.15, -0.1) is 0 Å². The molecule has 0 aromatic carbocycles. The zero-order valence-electron chi connectivity index (χ0n) is 13.8. The number of carbonyl (C=O) groups excluding carboxylic acids is 1. The summed E-state index contributed by atoms with van der Waals surface area (Å²) in [6.07, 6.45) is 6.96. The molecule has 0 radical (unpaired) electrons. The molecule has 126 valence electrons. The molecule has 0 saturated heterocycles. The maximum Gasteiger partial charge on any atom is 0.235 e. The highest BCUT2D eigenvalue weighted by atomic mass is 32.2. The monoisotopic (exact) mass is 327 g/mol. The van der Waals surface area contributed by atoms with E-state index in [1.807, 2.05) is 0 Å². The summed E-state index contributed by atoms with van der Waals surface area (Å²) < 4.78 is 25.3. The van der Waals surface area contributed by atoms with Gasteiger partial charge in [-0.2, -0.15) is 0 Å². The Hall–Kier alpha value is -0.580. The molecule has 4 bridgehead atoms. The molecule has 4 nitrogen and oxygen atoms in total. The lowest BCUT2D eigenvalue weighted by Crippen LogP contribution is -2.56. The second-order valence-corrected chi connectivity index (χ2v) is 10.8. The van der Waals surface area contributed by atoms with Crippen LogP contribution in [-0.4, -0.2) is 31.4 Å². The number of nitrogens with one attached hydrogen (secondary N) is 1. The second-order valence-electron chi connectivity index (χ2n) is 8.39. The molecule has 4 aliphatic carbocycles. The molecule has 5 heteroatoms. The van der Waals surface area contributed by atoms with Gasteiger partial charge in [-0.25, -0.2) is 8.42 Å². The molecule has 0 spiro atoms. The van der Waals surface area contributed by atoms with E-state index in [-0.39, 0.29) is 11.7 Å². The molecule has 4 saturated carbocycles. The number of hydrogen-bond donors (Lipinski definition) is 1. The third-order valence-electron chi connectivity index (χ3n) is 6.01. The zero-order chi connectivity index (χ0) is 16.0. The van der Waals surface area contributed by atoms with Gasteiger partial charge in [0.05, 0.1) is 4.75 Å². The standard InChI is InChI=1S/C17H29NO3S/c1-12(2)3-4-18-16(19)11-22(20,21)17-8-13-5-14(9-17)7-15(6-13)10-17/h12-15H,3-11H2,1-2H3,(H,18,19). The van der Waals surface area contributed by atoms with E-state index in [0.29, 0.717) is 30.2 Å². The molecule has 0 unspecified atom stereocenters. The first-order valence-electron chi connectivity index (χ1n) is 8.79. The third-order valence-corrected chi connectivity index (χ3v) is 8.47. The van der Waals surface area contributed by atoms with Crippen molar-refractivity contribution in [1.82, 2.24) is 5.32 Å². The van der Waals surface area contributed by atoms with Crippen LogP contribution in [0.15, 0.2) is 0 Å². The molecular weight excluding hydrogens is 298 g/mol. The Labute approximate surface area is 134 Å². The highest BCUT2D eigenvalue weighted by Gasteiger charge is 2.57. The van der Waals surface area contributed by atoms with Gasteiger partial charge in [-0.1, -0.05) is 13.8 Å². The summed E-state index contributed by atoms with van der Waals surface area (Å²) in [5.41, 5.74) is 0. The van der Waals surface area contributed by atoms with E-state index < -0.39 is 14.6 Å². The molecule has 1 amide bonds. The van der Waals surface area contributed by atoms with E-state index in [1.165, 1.54) is 19.3 Å². The maximum absolute atomic E-state index is 12.9. The molecule has 4 fully saturated rings. The van der Waals surface area contributed by atoms with Crippen LogP contribution in [0.1, 0.15) is 58.8 Å². The van der Waals surface area contributed by atoms with E-state index in [1.54, 1.807) is 0 Å². The van der Waals surface area contributed by atoms with Gasteiger partial charge in [0, 0.05) is 6.54 Å². The van der Waals surface area contributed by atoms with E-state index in [2.05, 4.69) is 19.2 Å². The highest BCUT2D eigenvalue weighted by Crippen LogP contribution is 2.58. The van der Waals surface area contributed by atoms with Crippen molar-refractivity contribution in [2.24, 2.45) is 23.7 Å². The average Bonchev–Trinajstić information content (AvgIpc) is 2.35. The third kappa shape index (κ3) is 3.06. The Kier molecular flexibility index (Phi) is 4.30. The fourth-order valence-electron chi connectivity index (χ4n) is 5.29. The van der Waals surface area contributed by atoms with Crippen LogP contribution in [0.2, 0.25) is 0 Å². The van der Waals surface area contributed by atoms with E-state index in [0.717, 1.165) is 25.7 Å². The molecule has 4 aliphatic rings. The summed E-state index contributed by atoms with van der Waals surface area (Å²) in [7, 11) is -3.34. The summed E-state index contributed by atoms with van der Waals surface area (Å²) in [5.74, 6) is 1.66. The van der Waals surface area contributed by atoms with Crippen molar-refractivity contribution < 1.29 is 13.2 Å². The highest BCUT2D eigenvalue weighted by molar-refractivity contribution is 7.93. The molecule has 4 rings (SSSR count). The number of carbonyl (C=O) groups is 1. The topological polar surface area (TPSA) is 63.2 Å². The van der Waals surface area contributed by atoms with Gasteiger partial charge >= 0.3 is 0 Å². The van der Waals surface area contributed by atoms with Crippen LogP contribution in [0, 0.1) is 23.7 Å². The van der Waals surface area contributed by atoms with Crippen molar-refractivity contribution in [3.05, 3.63) is 0 Å². The number of sulfone groups is 1. The Morgan fingerprint density at radius 3 is 2.05 bits per heavy atom. The van der Waals surface area contributed by atoms with Crippen molar-refractivity contribution >= 4 is 15.7 Å². The van der Waals surface area contributed by atoms with Gasteiger partial charge in [-0.05, 0) is 68.6 Å². The van der Waals surface area contributed by atoms with Crippen molar-refractivity contribution in [1.29, 1.82) is 0 Å². The summed E-state index contributed by atoms with van der Waals surface area (Å²) >= 11 is 0. The second kappa shape index (κ2) is 5.81. The fraction of sp³-hybridized carbons (Fsp3) is 0.941. The zero-order valence-corrected chi connectivity index (χ0v) is 14.6. The summed E-state index contributed by atoms with van der Waals surface area (Å²) in [5, 5.41) is 2.78. The lowest BCUT2D eigenvalue weighted by Gasteiger charge is -2.55. The molecule has 0 aliphatic heterocycles. The van der Waals surface area contributed by atoms with Crippen molar-refractivity contribution in [3.63, 3.8) is 0 Å². The van der Waals surface area contributed by atoms with Gasteiger partial charge in [0.2, 0.25) is 5.91 Å². The SMILES string of the molecule is CC(C)CCNC(=O)CS(=O)(=O)C12CC3CC(CC(C3)C1)C2. The average molecular weight is 327 g/mol. The van der Waals surface area contributed by atoms with Crippen molar-refractivity contribution in [3.8, 4) is 0 Å². The quantitative estimate of drug-likeness (QED) is 0.815. The summed E-state index contributed by atoms with van der Waals surface area (Å²) in [6.45, 7) is 4.77. The predicted octanol–water partition coefficient (Wildman–Crippen LogP) is 2.53. The lowest BCUT2D eigenvalue weighted by molar-refractivity contribution is -0.118. The number of amides is 1. The largest absolute Gasteiger partial charge is 0.355 e. The molecule has 0 atom stereocenters. The van der Waals surface area contributed by atoms with E-state index in [9.17, 15) is 13.2 Å². The van der Waals surface area contributed by atoms with Crippen LogP contribution in [-0.2, 0) is 14.6 Å². The minimum absolute atomic E-state index is 0.308. The first-order valence-corrected chi connectivity index (χ1v) is 10.4. The Morgan fingerprint density at radius 1 is 1.09 bits per heavy atom. The molecule has 22 heavy (non-hydrogen) atoms. The van der Waals surface area contributed by atoms with Gasteiger partial charge in [0.1, 0.15) is 5.75 Å². The minimum Gasteiger partial charge on any atom is -0.355 e. The van der Waals surface area contributed by atoms with Crippen LogP contribution in [0.5, 0.6) is 0 Å². The van der Waals surface area contributed by atoms with Gasteiger partial charge in [0.15, 0.2) is 9.84 Å². The first-order chi connectivity index (χ1) is 10.3. The van der Waals surface area contributed by atoms with Crippen LogP contribution >= 0.6 is 0 Å². The Bertz CT molecular complexity index is 503. The van der Waals surface area contributed by atoms with Crippen molar-refractivity contribution in [2.45, 2.75) is 63.5 Å². The number of hydrogen-bond acceptors (Lipinski definition) is 3. The molecular formula is C17H29NO3S. The smallest absolute Gasteiger partial charge is 0.235 e. The molecule has 0 heterocycles. The Balaban J connectivity index is 1.64.